The lowest BCUT2D eigenvalue weighted by Crippen LogP contribution is -2.44. The zero-order chi connectivity index (χ0) is 12.0. The van der Waals surface area contributed by atoms with Gasteiger partial charge in [0, 0.05) is 32.7 Å². The molecule has 16 heavy (non-hydrogen) atoms. The molecule has 1 rings (SSSR count). The number of hydrogen-bond acceptors (Lipinski definition) is 4. The fourth-order valence-corrected chi connectivity index (χ4v) is 2.02. The number of ether oxygens (including phenoxy) is 1. The number of aliphatic hydroxyl groups is 1. The molecule has 0 unspecified atom stereocenters. The average Bonchev–Trinajstić information content (AvgIpc) is 2.17. The summed E-state index contributed by atoms with van der Waals surface area (Å²) in [6.07, 6.45) is -0.289. The molecule has 1 aliphatic rings. The number of rotatable bonds is 6. The van der Waals surface area contributed by atoms with Crippen LogP contribution in [0.1, 0.15) is 6.92 Å². The fourth-order valence-electron chi connectivity index (χ4n) is 2.02. The van der Waals surface area contributed by atoms with Crippen molar-refractivity contribution in [2.75, 3.05) is 53.0 Å². The SMILES string of the molecule is C=C(C)CN(C)C[C@H](O)CN1CCOCC1. The van der Waals surface area contributed by atoms with E-state index in [4.69, 9.17) is 4.74 Å². The van der Waals surface area contributed by atoms with Gasteiger partial charge in [0.1, 0.15) is 0 Å². The highest BCUT2D eigenvalue weighted by Crippen LogP contribution is 2.01. The van der Waals surface area contributed by atoms with Crippen LogP contribution >= 0.6 is 0 Å². The molecule has 0 aromatic rings. The Morgan fingerprint density at radius 3 is 2.69 bits per heavy atom. The van der Waals surface area contributed by atoms with Crippen molar-refractivity contribution in [2.45, 2.75) is 13.0 Å². The largest absolute Gasteiger partial charge is 0.390 e. The summed E-state index contributed by atoms with van der Waals surface area (Å²) in [5.74, 6) is 0. The molecule has 1 fully saturated rings. The number of morpholine rings is 1. The summed E-state index contributed by atoms with van der Waals surface area (Å²) in [4.78, 5) is 4.36. The second kappa shape index (κ2) is 7.01. The van der Waals surface area contributed by atoms with Crippen LogP contribution in [0.3, 0.4) is 0 Å². The lowest BCUT2D eigenvalue weighted by molar-refractivity contribution is 0.00924. The summed E-state index contributed by atoms with van der Waals surface area (Å²) < 4.78 is 5.27. The highest BCUT2D eigenvalue weighted by atomic mass is 16.5. The van der Waals surface area contributed by atoms with Gasteiger partial charge < -0.3 is 9.84 Å². The lowest BCUT2D eigenvalue weighted by atomic mass is 10.2. The first-order valence-electron chi connectivity index (χ1n) is 5.89. The van der Waals surface area contributed by atoms with Gasteiger partial charge in [-0.2, -0.15) is 0 Å². The van der Waals surface area contributed by atoms with Crippen LogP contribution < -0.4 is 0 Å². The van der Waals surface area contributed by atoms with Gasteiger partial charge in [0.2, 0.25) is 0 Å². The topological polar surface area (TPSA) is 35.9 Å². The third-order valence-corrected chi connectivity index (χ3v) is 2.63. The minimum Gasteiger partial charge on any atom is -0.390 e. The normalized spacial score (nSPS) is 20.0. The Hall–Kier alpha value is -0.420. The quantitative estimate of drug-likeness (QED) is 0.658. The first kappa shape index (κ1) is 13.6. The van der Waals surface area contributed by atoms with E-state index in [2.05, 4.69) is 16.4 Å². The van der Waals surface area contributed by atoms with Crippen LogP contribution in [0.2, 0.25) is 0 Å². The standard InChI is InChI=1S/C12H24N2O2/c1-11(2)8-13(3)9-12(15)10-14-4-6-16-7-5-14/h12,15H,1,4-10H2,2-3H3/t12-/m0/s1. The van der Waals surface area contributed by atoms with Crippen molar-refractivity contribution in [1.82, 2.24) is 9.80 Å². The van der Waals surface area contributed by atoms with E-state index >= 15 is 0 Å². The summed E-state index contributed by atoms with van der Waals surface area (Å²) in [6, 6.07) is 0. The summed E-state index contributed by atoms with van der Waals surface area (Å²) in [7, 11) is 2.01. The average molecular weight is 228 g/mol. The monoisotopic (exact) mass is 228 g/mol. The van der Waals surface area contributed by atoms with Gasteiger partial charge in [-0.1, -0.05) is 12.2 Å². The van der Waals surface area contributed by atoms with E-state index in [1.807, 2.05) is 14.0 Å². The van der Waals surface area contributed by atoms with E-state index in [0.717, 1.165) is 45.0 Å². The zero-order valence-electron chi connectivity index (χ0n) is 10.5. The van der Waals surface area contributed by atoms with E-state index in [0.29, 0.717) is 6.54 Å². The zero-order valence-corrected chi connectivity index (χ0v) is 10.5. The van der Waals surface area contributed by atoms with Crippen LogP contribution in [-0.2, 0) is 4.74 Å². The number of aliphatic hydroxyl groups excluding tert-OH is 1. The van der Waals surface area contributed by atoms with Crippen LogP contribution in [0.15, 0.2) is 12.2 Å². The Morgan fingerprint density at radius 1 is 1.50 bits per heavy atom. The molecule has 1 atom stereocenters. The Bertz CT molecular complexity index is 215. The van der Waals surface area contributed by atoms with E-state index in [1.165, 1.54) is 0 Å². The maximum Gasteiger partial charge on any atom is 0.0793 e. The van der Waals surface area contributed by atoms with Crippen molar-refractivity contribution in [1.29, 1.82) is 0 Å². The molecule has 0 spiro atoms. The molecule has 1 aliphatic heterocycles. The molecular formula is C12H24N2O2. The van der Waals surface area contributed by atoms with Crippen LogP contribution in [0.25, 0.3) is 0 Å². The van der Waals surface area contributed by atoms with E-state index in [-0.39, 0.29) is 6.10 Å². The lowest BCUT2D eigenvalue weighted by Gasteiger charge is -2.30. The van der Waals surface area contributed by atoms with Crippen LogP contribution in [-0.4, -0.2) is 74.0 Å². The Labute approximate surface area is 98.5 Å². The number of likely N-dealkylation sites (N-methyl/N-ethyl adjacent to an activating group) is 1. The summed E-state index contributed by atoms with van der Waals surface area (Å²) in [5.41, 5.74) is 1.13. The molecule has 4 heteroatoms. The molecule has 0 aromatic carbocycles. The molecule has 4 nitrogen and oxygen atoms in total. The van der Waals surface area contributed by atoms with Crippen molar-refractivity contribution in [3.63, 3.8) is 0 Å². The second-order valence-corrected chi connectivity index (χ2v) is 4.72. The third kappa shape index (κ3) is 5.61. The molecule has 0 amide bonds. The molecule has 0 bridgehead atoms. The van der Waals surface area contributed by atoms with Gasteiger partial charge in [-0.25, -0.2) is 0 Å². The van der Waals surface area contributed by atoms with Gasteiger partial charge in [-0.3, -0.25) is 9.80 Å². The van der Waals surface area contributed by atoms with Crippen LogP contribution in [0, 0.1) is 0 Å². The molecule has 0 aliphatic carbocycles. The van der Waals surface area contributed by atoms with Gasteiger partial charge in [0.25, 0.3) is 0 Å². The molecule has 1 heterocycles. The predicted molar refractivity (Wildman–Crippen MR) is 65.6 cm³/mol. The fraction of sp³-hybridized carbons (Fsp3) is 0.833. The predicted octanol–water partition coefficient (Wildman–Crippen LogP) is 0.187. The van der Waals surface area contributed by atoms with E-state index < -0.39 is 0 Å². The maximum absolute atomic E-state index is 9.93. The Balaban J connectivity index is 2.18. The number of nitrogens with zero attached hydrogens (tertiary/aromatic N) is 2. The van der Waals surface area contributed by atoms with E-state index in [9.17, 15) is 5.11 Å². The molecule has 1 N–H and O–H groups in total. The van der Waals surface area contributed by atoms with Gasteiger partial charge >= 0.3 is 0 Å². The maximum atomic E-state index is 9.93. The van der Waals surface area contributed by atoms with Crippen molar-refractivity contribution >= 4 is 0 Å². The van der Waals surface area contributed by atoms with Crippen molar-refractivity contribution in [2.24, 2.45) is 0 Å². The Morgan fingerprint density at radius 2 is 2.12 bits per heavy atom. The van der Waals surface area contributed by atoms with Crippen molar-refractivity contribution in [3.05, 3.63) is 12.2 Å². The second-order valence-electron chi connectivity index (χ2n) is 4.72. The minimum atomic E-state index is -0.289. The van der Waals surface area contributed by atoms with Gasteiger partial charge in [-0.15, -0.1) is 0 Å². The molecule has 94 valence electrons. The smallest absolute Gasteiger partial charge is 0.0793 e. The first-order valence-corrected chi connectivity index (χ1v) is 5.89. The Kier molecular flexibility index (Phi) is 5.98. The van der Waals surface area contributed by atoms with Crippen molar-refractivity contribution < 1.29 is 9.84 Å². The van der Waals surface area contributed by atoms with Gasteiger partial charge in [0.05, 0.1) is 19.3 Å². The van der Waals surface area contributed by atoms with Crippen LogP contribution in [0.4, 0.5) is 0 Å². The highest BCUT2D eigenvalue weighted by Gasteiger charge is 2.15. The first-order chi connectivity index (χ1) is 7.58. The number of β-amino-alcohol motifs (C(OH)–C–C–N with tert-alkyl or cyclic N) is 1. The van der Waals surface area contributed by atoms with Crippen LogP contribution in [0.5, 0.6) is 0 Å². The molecule has 0 aromatic heterocycles. The molecule has 1 saturated heterocycles. The summed E-state index contributed by atoms with van der Waals surface area (Å²) in [6.45, 7) is 11.6. The highest BCUT2D eigenvalue weighted by molar-refractivity contribution is 4.91. The molecular weight excluding hydrogens is 204 g/mol. The number of hydrogen-bond donors (Lipinski definition) is 1. The van der Waals surface area contributed by atoms with Crippen molar-refractivity contribution in [3.8, 4) is 0 Å². The summed E-state index contributed by atoms with van der Waals surface area (Å²) >= 11 is 0. The molecule has 0 radical (unpaired) electrons. The molecule has 0 saturated carbocycles. The van der Waals surface area contributed by atoms with Gasteiger partial charge in [-0.05, 0) is 14.0 Å². The van der Waals surface area contributed by atoms with Gasteiger partial charge in [0.15, 0.2) is 0 Å². The third-order valence-electron chi connectivity index (χ3n) is 2.63. The van der Waals surface area contributed by atoms with E-state index in [1.54, 1.807) is 0 Å². The summed E-state index contributed by atoms with van der Waals surface area (Å²) in [5, 5.41) is 9.93. The minimum absolute atomic E-state index is 0.289.